The predicted octanol–water partition coefficient (Wildman–Crippen LogP) is 0.881. The van der Waals surface area contributed by atoms with Crippen LogP contribution in [0, 0.1) is 19.3 Å². The van der Waals surface area contributed by atoms with Crippen molar-refractivity contribution >= 4 is 0 Å². The van der Waals surface area contributed by atoms with E-state index in [1.54, 1.807) is 6.92 Å². The molecule has 0 fully saturated rings. The van der Waals surface area contributed by atoms with E-state index in [9.17, 15) is 0 Å². The fourth-order valence-corrected chi connectivity index (χ4v) is 0.920. The molecule has 4 nitrogen and oxygen atoms in total. The third-order valence-corrected chi connectivity index (χ3v) is 1.52. The maximum atomic E-state index is 5.16. The zero-order valence-corrected chi connectivity index (χ0v) is 7.71. The first-order valence-electron chi connectivity index (χ1n) is 4.26. The predicted molar refractivity (Wildman–Crippen MR) is 48.8 cm³/mol. The van der Waals surface area contributed by atoms with Gasteiger partial charge in [-0.1, -0.05) is 0 Å². The van der Waals surface area contributed by atoms with Gasteiger partial charge in [-0.15, -0.1) is 22.5 Å². The normalized spacial score (nSPS) is 9.85. The highest BCUT2D eigenvalue weighted by atomic mass is 16.4. The van der Waals surface area contributed by atoms with Crippen molar-refractivity contribution in [3.63, 3.8) is 0 Å². The minimum atomic E-state index is 0.598. The lowest BCUT2D eigenvalue weighted by Crippen LogP contribution is -2.14. The van der Waals surface area contributed by atoms with Crippen molar-refractivity contribution in [3.05, 3.63) is 11.8 Å². The monoisotopic (exact) mass is 179 g/mol. The van der Waals surface area contributed by atoms with Crippen LogP contribution in [0.2, 0.25) is 0 Å². The molecule has 13 heavy (non-hydrogen) atoms. The first-order chi connectivity index (χ1) is 6.33. The minimum Gasteiger partial charge on any atom is -0.424 e. The van der Waals surface area contributed by atoms with Gasteiger partial charge in [0.05, 0.1) is 6.54 Å². The summed E-state index contributed by atoms with van der Waals surface area (Å²) in [4.78, 5) is 0. The van der Waals surface area contributed by atoms with E-state index in [4.69, 9.17) is 10.8 Å². The molecule has 1 heterocycles. The van der Waals surface area contributed by atoms with Crippen LogP contribution in [0.25, 0.3) is 0 Å². The molecule has 0 unspecified atom stereocenters. The quantitative estimate of drug-likeness (QED) is 0.538. The number of aryl methyl sites for hydroxylation is 1. The maximum absolute atomic E-state index is 5.16. The number of terminal acetylenes is 1. The van der Waals surface area contributed by atoms with E-state index in [2.05, 4.69) is 21.4 Å². The molecule has 1 N–H and O–H groups in total. The van der Waals surface area contributed by atoms with E-state index in [-0.39, 0.29) is 0 Å². The van der Waals surface area contributed by atoms with Crippen molar-refractivity contribution in [3.8, 4) is 12.3 Å². The van der Waals surface area contributed by atoms with E-state index in [0.717, 1.165) is 19.4 Å². The lowest BCUT2D eigenvalue weighted by Gasteiger charge is -1.97. The number of hydrogen-bond donors (Lipinski definition) is 1. The van der Waals surface area contributed by atoms with Gasteiger partial charge >= 0.3 is 0 Å². The standard InChI is InChI=1S/C9H13N3O/c1-3-4-5-6-10-7-9-12-11-8(2)13-9/h1,10H,4-7H2,2H3. The van der Waals surface area contributed by atoms with E-state index in [1.165, 1.54) is 0 Å². The van der Waals surface area contributed by atoms with E-state index in [1.807, 2.05) is 0 Å². The number of aromatic nitrogens is 2. The molecule has 70 valence electrons. The number of nitrogens with one attached hydrogen (secondary N) is 1. The van der Waals surface area contributed by atoms with Crippen LogP contribution in [0.1, 0.15) is 24.6 Å². The summed E-state index contributed by atoms with van der Waals surface area (Å²) in [5, 5.41) is 10.7. The molecule has 0 saturated carbocycles. The molecule has 0 atom stereocenters. The van der Waals surface area contributed by atoms with Gasteiger partial charge in [-0.3, -0.25) is 0 Å². The summed E-state index contributed by atoms with van der Waals surface area (Å²) in [5.41, 5.74) is 0. The molecule has 0 aliphatic carbocycles. The molecular weight excluding hydrogens is 166 g/mol. The van der Waals surface area contributed by atoms with Gasteiger partial charge in [0.25, 0.3) is 0 Å². The van der Waals surface area contributed by atoms with Crippen LogP contribution in [0.5, 0.6) is 0 Å². The summed E-state index contributed by atoms with van der Waals surface area (Å²) in [6, 6.07) is 0. The van der Waals surface area contributed by atoms with Gasteiger partial charge in [-0.05, 0) is 13.0 Å². The first-order valence-corrected chi connectivity index (χ1v) is 4.26. The van der Waals surface area contributed by atoms with Gasteiger partial charge in [-0.2, -0.15) is 0 Å². The average molecular weight is 179 g/mol. The third-order valence-electron chi connectivity index (χ3n) is 1.52. The van der Waals surface area contributed by atoms with Crippen LogP contribution in [-0.2, 0) is 6.54 Å². The largest absolute Gasteiger partial charge is 0.424 e. The van der Waals surface area contributed by atoms with E-state index < -0.39 is 0 Å². The number of unbranched alkanes of at least 4 members (excludes halogenated alkanes) is 1. The Kier molecular flexibility index (Phi) is 4.00. The van der Waals surface area contributed by atoms with E-state index >= 15 is 0 Å². The summed E-state index contributed by atoms with van der Waals surface area (Å²) < 4.78 is 5.16. The zero-order valence-electron chi connectivity index (χ0n) is 7.71. The highest BCUT2D eigenvalue weighted by Crippen LogP contribution is 1.96. The van der Waals surface area contributed by atoms with Crippen LogP contribution < -0.4 is 5.32 Å². The second-order valence-electron chi connectivity index (χ2n) is 2.70. The zero-order chi connectivity index (χ0) is 9.52. The summed E-state index contributed by atoms with van der Waals surface area (Å²) >= 11 is 0. The Morgan fingerprint density at radius 1 is 1.54 bits per heavy atom. The molecular formula is C9H13N3O. The summed E-state index contributed by atoms with van der Waals surface area (Å²) in [5.74, 6) is 3.80. The molecule has 0 aliphatic heterocycles. The molecule has 4 heteroatoms. The van der Waals surface area contributed by atoms with Gasteiger partial charge in [0.1, 0.15) is 0 Å². The number of hydrogen-bond acceptors (Lipinski definition) is 4. The molecule has 1 aromatic rings. The molecule has 1 aromatic heterocycles. The van der Waals surface area contributed by atoms with Gasteiger partial charge < -0.3 is 9.73 Å². The average Bonchev–Trinajstić information content (AvgIpc) is 2.51. The summed E-state index contributed by atoms with van der Waals surface area (Å²) in [7, 11) is 0. The molecule has 1 rings (SSSR count). The molecule has 0 aromatic carbocycles. The van der Waals surface area contributed by atoms with Crippen molar-refractivity contribution in [2.24, 2.45) is 0 Å². The van der Waals surface area contributed by atoms with Crippen molar-refractivity contribution in [1.82, 2.24) is 15.5 Å². The van der Waals surface area contributed by atoms with Crippen molar-refractivity contribution in [2.75, 3.05) is 6.54 Å². The smallest absolute Gasteiger partial charge is 0.230 e. The second-order valence-corrected chi connectivity index (χ2v) is 2.70. The molecule has 0 bridgehead atoms. The first kappa shape index (κ1) is 9.75. The van der Waals surface area contributed by atoms with Crippen LogP contribution in [0.3, 0.4) is 0 Å². The van der Waals surface area contributed by atoms with Crippen LogP contribution >= 0.6 is 0 Å². The maximum Gasteiger partial charge on any atom is 0.230 e. The Morgan fingerprint density at radius 2 is 2.38 bits per heavy atom. The third kappa shape index (κ3) is 3.72. The van der Waals surface area contributed by atoms with Crippen molar-refractivity contribution < 1.29 is 4.42 Å². The molecule has 0 aliphatic rings. The Balaban J connectivity index is 2.10. The Morgan fingerprint density at radius 3 is 3.00 bits per heavy atom. The molecule has 0 spiro atoms. The molecule has 0 saturated heterocycles. The minimum absolute atomic E-state index is 0.598. The number of rotatable bonds is 5. The van der Waals surface area contributed by atoms with Crippen LogP contribution in [-0.4, -0.2) is 16.7 Å². The van der Waals surface area contributed by atoms with Gasteiger partial charge in [0.2, 0.25) is 11.8 Å². The van der Waals surface area contributed by atoms with Crippen molar-refractivity contribution in [1.29, 1.82) is 0 Å². The van der Waals surface area contributed by atoms with Crippen LogP contribution in [0.4, 0.5) is 0 Å². The van der Waals surface area contributed by atoms with E-state index in [0.29, 0.717) is 18.3 Å². The lowest BCUT2D eigenvalue weighted by molar-refractivity contribution is 0.446. The van der Waals surface area contributed by atoms with Gasteiger partial charge in [0.15, 0.2) is 0 Å². The fraction of sp³-hybridized carbons (Fsp3) is 0.556. The topological polar surface area (TPSA) is 51.0 Å². The summed E-state index contributed by atoms with van der Waals surface area (Å²) in [6.45, 7) is 3.27. The van der Waals surface area contributed by atoms with Crippen molar-refractivity contribution in [2.45, 2.75) is 26.3 Å². The second kappa shape index (κ2) is 5.33. The highest BCUT2D eigenvalue weighted by molar-refractivity contribution is 4.83. The Labute approximate surface area is 77.7 Å². The van der Waals surface area contributed by atoms with Gasteiger partial charge in [0, 0.05) is 13.3 Å². The molecule has 0 amide bonds. The highest BCUT2D eigenvalue weighted by Gasteiger charge is 1.99. The van der Waals surface area contributed by atoms with Crippen LogP contribution in [0.15, 0.2) is 4.42 Å². The number of nitrogens with zero attached hydrogens (tertiary/aromatic N) is 2. The fourth-order valence-electron chi connectivity index (χ4n) is 0.920. The van der Waals surface area contributed by atoms with Gasteiger partial charge in [-0.25, -0.2) is 0 Å². The lowest BCUT2D eigenvalue weighted by atomic mass is 10.3. The Hall–Kier alpha value is -1.34. The SMILES string of the molecule is C#CCCCNCc1nnc(C)o1. The summed E-state index contributed by atoms with van der Waals surface area (Å²) in [6.07, 6.45) is 6.88. The Bertz CT molecular complexity index is 287. The molecule has 0 radical (unpaired) electrons.